The Bertz CT molecular complexity index is 960. The van der Waals surface area contributed by atoms with Crippen LogP contribution in [0.1, 0.15) is 40.8 Å². The number of rotatable bonds is 8. The zero-order valence-electron chi connectivity index (χ0n) is 16.2. The van der Waals surface area contributed by atoms with Gasteiger partial charge in [-0.2, -0.15) is 0 Å². The van der Waals surface area contributed by atoms with Crippen LogP contribution in [0.2, 0.25) is 5.02 Å². The highest BCUT2D eigenvalue weighted by atomic mass is 35.5. The first kappa shape index (κ1) is 21.0. The topological polar surface area (TPSA) is 55.1 Å². The normalized spacial score (nSPS) is 13.1. The number of hydrogen-bond acceptors (Lipinski definition) is 2. The summed E-state index contributed by atoms with van der Waals surface area (Å²) in [6, 6.07) is 21.3. The Morgan fingerprint density at radius 3 is 2.34 bits per heavy atom. The van der Waals surface area contributed by atoms with Crippen LogP contribution in [-0.2, 0) is 11.2 Å². The van der Waals surface area contributed by atoms with E-state index in [1.54, 1.807) is 13.0 Å². The summed E-state index contributed by atoms with van der Waals surface area (Å²) < 4.78 is 13.8. The van der Waals surface area contributed by atoms with Crippen molar-refractivity contribution in [3.63, 3.8) is 0 Å². The first-order valence-electron chi connectivity index (χ1n) is 9.55. The maximum absolute atomic E-state index is 13.8. The minimum atomic E-state index is -0.642. The number of nitrogens with two attached hydrogens (primary N) is 1. The van der Waals surface area contributed by atoms with Crippen molar-refractivity contribution in [3.05, 3.63) is 106 Å². The van der Waals surface area contributed by atoms with Crippen molar-refractivity contribution in [3.8, 4) is 0 Å². The summed E-state index contributed by atoms with van der Waals surface area (Å²) >= 11 is 5.97. The maximum atomic E-state index is 13.8. The van der Waals surface area contributed by atoms with Crippen LogP contribution in [0.3, 0.4) is 0 Å². The van der Waals surface area contributed by atoms with Crippen LogP contribution < -0.4 is 11.1 Å². The fourth-order valence-corrected chi connectivity index (χ4v) is 3.51. The average molecular weight is 411 g/mol. The molecular weight excluding hydrogens is 387 g/mol. The molecule has 0 fully saturated rings. The van der Waals surface area contributed by atoms with E-state index >= 15 is 0 Å². The summed E-state index contributed by atoms with van der Waals surface area (Å²) in [5.41, 5.74) is 9.12. The highest BCUT2D eigenvalue weighted by molar-refractivity contribution is 6.30. The summed E-state index contributed by atoms with van der Waals surface area (Å²) in [7, 11) is 0. The van der Waals surface area contributed by atoms with Gasteiger partial charge in [-0.15, -0.1) is 0 Å². The molecule has 150 valence electrons. The number of benzene rings is 3. The van der Waals surface area contributed by atoms with E-state index in [1.165, 1.54) is 6.07 Å². The molecule has 0 aliphatic heterocycles. The molecule has 5 heteroatoms. The Labute approximate surface area is 175 Å². The molecule has 1 amide bonds. The monoisotopic (exact) mass is 410 g/mol. The standard InChI is InChI=1S/C24H24ClFN2O/c1-16-15-19(10-13-21(16)26)22(14-9-17-7-11-20(25)12-8-17)28-23(24(27)29)18-5-3-2-4-6-18/h2-8,10-13,15,22-23,28H,9,14H2,1H3,(H2,27,29). The van der Waals surface area contributed by atoms with Crippen molar-refractivity contribution in [1.82, 2.24) is 5.32 Å². The Kier molecular flexibility index (Phi) is 7.02. The van der Waals surface area contributed by atoms with Gasteiger partial charge in [0.05, 0.1) is 0 Å². The van der Waals surface area contributed by atoms with Gasteiger partial charge < -0.3 is 5.73 Å². The van der Waals surface area contributed by atoms with Gasteiger partial charge in [0, 0.05) is 11.1 Å². The number of halogens is 2. The van der Waals surface area contributed by atoms with Crippen molar-refractivity contribution in [2.24, 2.45) is 5.73 Å². The minimum absolute atomic E-state index is 0.178. The lowest BCUT2D eigenvalue weighted by atomic mass is 9.95. The summed E-state index contributed by atoms with van der Waals surface area (Å²) in [5.74, 6) is -0.703. The van der Waals surface area contributed by atoms with E-state index in [0.717, 1.165) is 23.1 Å². The lowest BCUT2D eigenvalue weighted by Crippen LogP contribution is -2.36. The Morgan fingerprint density at radius 2 is 1.72 bits per heavy atom. The highest BCUT2D eigenvalue weighted by Crippen LogP contribution is 2.26. The second-order valence-electron chi connectivity index (χ2n) is 7.14. The molecule has 3 N–H and O–H groups in total. The second-order valence-corrected chi connectivity index (χ2v) is 7.58. The van der Waals surface area contributed by atoms with Gasteiger partial charge in [-0.25, -0.2) is 4.39 Å². The molecule has 0 heterocycles. The first-order valence-corrected chi connectivity index (χ1v) is 9.92. The molecule has 0 aliphatic rings. The molecular formula is C24H24ClFN2O. The summed E-state index contributed by atoms with van der Waals surface area (Å²) in [5, 5.41) is 4.08. The molecule has 3 nitrogen and oxygen atoms in total. The van der Waals surface area contributed by atoms with Gasteiger partial charge in [0.25, 0.3) is 0 Å². The zero-order chi connectivity index (χ0) is 20.8. The number of primary amides is 1. The molecule has 0 saturated heterocycles. The maximum Gasteiger partial charge on any atom is 0.239 e. The van der Waals surface area contributed by atoms with Gasteiger partial charge in [0.1, 0.15) is 11.9 Å². The molecule has 3 aromatic rings. The number of nitrogens with one attached hydrogen (secondary N) is 1. The second kappa shape index (κ2) is 9.68. The third kappa shape index (κ3) is 5.66. The van der Waals surface area contributed by atoms with Crippen molar-refractivity contribution in [2.75, 3.05) is 0 Å². The van der Waals surface area contributed by atoms with E-state index in [9.17, 15) is 9.18 Å². The quantitative estimate of drug-likeness (QED) is 0.531. The molecule has 0 bridgehead atoms. The Hall–Kier alpha value is -2.69. The number of carbonyl (C=O) groups is 1. The van der Waals surface area contributed by atoms with Crippen LogP contribution >= 0.6 is 11.6 Å². The van der Waals surface area contributed by atoms with E-state index in [0.29, 0.717) is 17.0 Å². The molecule has 0 spiro atoms. The van der Waals surface area contributed by atoms with E-state index in [-0.39, 0.29) is 11.9 Å². The van der Waals surface area contributed by atoms with Crippen LogP contribution in [0, 0.1) is 12.7 Å². The van der Waals surface area contributed by atoms with Gasteiger partial charge in [-0.1, -0.05) is 66.2 Å². The van der Waals surface area contributed by atoms with E-state index < -0.39 is 11.9 Å². The van der Waals surface area contributed by atoms with Crippen molar-refractivity contribution >= 4 is 17.5 Å². The highest BCUT2D eigenvalue weighted by Gasteiger charge is 2.23. The van der Waals surface area contributed by atoms with Gasteiger partial charge >= 0.3 is 0 Å². The van der Waals surface area contributed by atoms with Crippen LogP contribution in [0.4, 0.5) is 4.39 Å². The van der Waals surface area contributed by atoms with Crippen molar-refractivity contribution < 1.29 is 9.18 Å². The summed E-state index contributed by atoms with van der Waals surface area (Å²) in [4.78, 5) is 12.2. The largest absolute Gasteiger partial charge is 0.368 e. The first-order chi connectivity index (χ1) is 13.9. The van der Waals surface area contributed by atoms with Crippen LogP contribution in [0.25, 0.3) is 0 Å². The molecule has 2 unspecified atom stereocenters. The average Bonchev–Trinajstić information content (AvgIpc) is 2.72. The van der Waals surface area contributed by atoms with Crippen LogP contribution in [0.15, 0.2) is 72.8 Å². The summed E-state index contributed by atoms with van der Waals surface area (Å²) in [6.07, 6.45) is 1.48. The molecule has 0 aromatic heterocycles. The number of carbonyl (C=O) groups excluding carboxylic acids is 1. The lowest BCUT2D eigenvalue weighted by Gasteiger charge is -2.25. The third-order valence-electron chi connectivity index (χ3n) is 5.00. The molecule has 2 atom stereocenters. The molecule has 3 rings (SSSR count). The van der Waals surface area contributed by atoms with E-state index in [2.05, 4.69) is 5.32 Å². The molecule has 0 saturated carbocycles. The van der Waals surface area contributed by atoms with Crippen LogP contribution in [-0.4, -0.2) is 5.91 Å². The Morgan fingerprint density at radius 1 is 1.03 bits per heavy atom. The SMILES string of the molecule is Cc1cc(C(CCc2ccc(Cl)cc2)NC(C(N)=O)c2ccccc2)ccc1F. The van der Waals surface area contributed by atoms with E-state index in [4.69, 9.17) is 17.3 Å². The fourth-order valence-electron chi connectivity index (χ4n) is 3.38. The van der Waals surface area contributed by atoms with Gasteiger partial charge in [-0.3, -0.25) is 10.1 Å². The van der Waals surface area contributed by atoms with Crippen molar-refractivity contribution in [1.29, 1.82) is 0 Å². The molecule has 0 aliphatic carbocycles. The number of hydrogen-bond donors (Lipinski definition) is 2. The Balaban J connectivity index is 1.87. The third-order valence-corrected chi connectivity index (χ3v) is 5.26. The summed E-state index contributed by atoms with van der Waals surface area (Å²) in [6.45, 7) is 1.73. The van der Waals surface area contributed by atoms with Gasteiger partial charge in [-0.05, 0) is 60.2 Å². The zero-order valence-corrected chi connectivity index (χ0v) is 17.0. The predicted octanol–water partition coefficient (Wildman–Crippen LogP) is 5.28. The molecule has 29 heavy (non-hydrogen) atoms. The number of aryl methyl sites for hydroxylation is 2. The van der Waals surface area contributed by atoms with Gasteiger partial charge in [0.15, 0.2) is 0 Å². The smallest absolute Gasteiger partial charge is 0.239 e. The number of amides is 1. The minimum Gasteiger partial charge on any atom is -0.368 e. The predicted molar refractivity (Wildman–Crippen MR) is 115 cm³/mol. The lowest BCUT2D eigenvalue weighted by molar-refractivity contribution is -0.120. The fraction of sp³-hybridized carbons (Fsp3) is 0.208. The van der Waals surface area contributed by atoms with Crippen molar-refractivity contribution in [2.45, 2.75) is 31.8 Å². The molecule has 0 radical (unpaired) electrons. The van der Waals surface area contributed by atoms with E-state index in [1.807, 2.05) is 60.7 Å². The van der Waals surface area contributed by atoms with Gasteiger partial charge in [0.2, 0.25) is 5.91 Å². The van der Waals surface area contributed by atoms with Crippen LogP contribution in [0.5, 0.6) is 0 Å². The molecule has 3 aromatic carbocycles.